The van der Waals surface area contributed by atoms with Gasteiger partial charge in [-0.15, -0.1) is 0 Å². The second kappa shape index (κ2) is 9.95. The van der Waals surface area contributed by atoms with Gasteiger partial charge in [-0.2, -0.15) is 0 Å². The van der Waals surface area contributed by atoms with Gasteiger partial charge in [-0.25, -0.2) is 4.79 Å². The predicted octanol–water partition coefficient (Wildman–Crippen LogP) is 3.43. The van der Waals surface area contributed by atoms with E-state index in [9.17, 15) is 4.79 Å². The largest absolute Gasteiger partial charge is 0.493 e. The Labute approximate surface area is 223 Å². The number of urea groups is 1. The van der Waals surface area contributed by atoms with Crippen molar-refractivity contribution in [3.05, 3.63) is 81.5 Å². The third-order valence-electron chi connectivity index (χ3n) is 8.79. The molecule has 7 heteroatoms. The maximum absolute atomic E-state index is 13.8. The quantitative estimate of drug-likeness (QED) is 0.538. The number of aromatic nitrogens is 1. The Bertz CT molecular complexity index is 1460. The number of para-hydroxylation sites is 1. The molecular weight excluding hydrogens is 476 g/mol. The summed E-state index contributed by atoms with van der Waals surface area (Å²) >= 11 is 0. The van der Waals surface area contributed by atoms with Gasteiger partial charge in [0.05, 0.1) is 24.1 Å². The van der Waals surface area contributed by atoms with Crippen LogP contribution in [0.1, 0.15) is 53.5 Å². The molecule has 38 heavy (non-hydrogen) atoms. The van der Waals surface area contributed by atoms with Crippen LogP contribution in [0.3, 0.4) is 0 Å². The van der Waals surface area contributed by atoms with Gasteiger partial charge >= 0.3 is 6.03 Å². The van der Waals surface area contributed by atoms with E-state index in [1.807, 2.05) is 12.3 Å². The Balaban J connectivity index is 1.05. The minimum Gasteiger partial charge on any atom is -0.493 e. The van der Waals surface area contributed by atoms with Crippen LogP contribution in [0.4, 0.5) is 4.79 Å². The van der Waals surface area contributed by atoms with Crippen LogP contribution in [0.5, 0.6) is 5.75 Å². The van der Waals surface area contributed by atoms with E-state index < -0.39 is 0 Å². The SMILES string of the molecule is O=C(N1C=c2cnoc2=CC1)N1CCc2ccccc2C1CCN1CCC(c2cccc3c2OCC3)CC1. The normalized spacial score (nSPS) is 21.1. The van der Waals surface area contributed by atoms with Gasteiger partial charge in [0.15, 0.2) is 5.42 Å². The molecule has 7 nitrogen and oxygen atoms in total. The smallest absolute Gasteiger partial charge is 0.324 e. The topological polar surface area (TPSA) is 62.1 Å². The number of rotatable bonds is 4. The molecule has 4 aliphatic heterocycles. The molecule has 7 rings (SSSR count). The molecule has 1 aromatic heterocycles. The molecule has 196 valence electrons. The van der Waals surface area contributed by atoms with Gasteiger partial charge in [0.1, 0.15) is 5.75 Å². The number of carbonyl (C=O) groups excluding carboxylic acids is 1. The van der Waals surface area contributed by atoms with Crippen LogP contribution < -0.4 is 15.4 Å². The fraction of sp³-hybridized carbons (Fsp3) is 0.419. The molecular formula is C31H34N4O3. The first-order valence-electron chi connectivity index (χ1n) is 14.0. The van der Waals surface area contributed by atoms with Gasteiger partial charge in [-0.1, -0.05) is 47.6 Å². The number of ether oxygens (including phenoxy) is 1. The molecule has 3 aromatic rings. The van der Waals surface area contributed by atoms with Gasteiger partial charge in [0, 0.05) is 32.3 Å². The maximum Gasteiger partial charge on any atom is 0.324 e. The van der Waals surface area contributed by atoms with Gasteiger partial charge in [0.2, 0.25) is 0 Å². The number of hydrogen-bond acceptors (Lipinski definition) is 5. The van der Waals surface area contributed by atoms with Crippen LogP contribution in [0.25, 0.3) is 12.3 Å². The zero-order chi connectivity index (χ0) is 25.5. The predicted molar refractivity (Wildman–Crippen MR) is 145 cm³/mol. The summed E-state index contributed by atoms with van der Waals surface area (Å²) < 4.78 is 11.3. The molecule has 0 saturated carbocycles. The number of piperidine rings is 1. The molecule has 1 fully saturated rings. The van der Waals surface area contributed by atoms with Crippen LogP contribution in [0.15, 0.2) is 53.2 Å². The van der Waals surface area contributed by atoms with Crippen molar-refractivity contribution in [2.45, 2.75) is 44.1 Å². The molecule has 0 radical (unpaired) electrons. The van der Waals surface area contributed by atoms with E-state index in [1.54, 1.807) is 11.1 Å². The number of benzene rings is 2. The number of carbonyl (C=O) groups is 1. The van der Waals surface area contributed by atoms with Crippen LogP contribution in [0.2, 0.25) is 0 Å². The van der Waals surface area contributed by atoms with E-state index in [-0.39, 0.29) is 12.1 Å². The maximum atomic E-state index is 13.8. The zero-order valence-electron chi connectivity index (χ0n) is 21.7. The van der Waals surface area contributed by atoms with Gasteiger partial charge in [-0.3, -0.25) is 4.90 Å². The second-order valence-corrected chi connectivity index (χ2v) is 10.9. The Morgan fingerprint density at radius 3 is 2.74 bits per heavy atom. The van der Waals surface area contributed by atoms with E-state index in [2.05, 4.69) is 57.4 Å². The monoisotopic (exact) mass is 510 g/mol. The highest BCUT2D eigenvalue weighted by Crippen LogP contribution is 2.39. The minimum atomic E-state index is 0.0595. The first-order chi connectivity index (χ1) is 18.7. The molecule has 0 aliphatic carbocycles. The van der Waals surface area contributed by atoms with E-state index in [0.717, 1.165) is 81.3 Å². The lowest BCUT2D eigenvalue weighted by atomic mass is 9.87. The van der Waals surface area contributed by atoms with E-state index in [1.165, 1.54) is 22.3 Å². The summed E-state index contributed by atoms with van der Waals surface area (Å²) in [4.78, 5) is 20.2. The van der Waals surface area contributed by atoms with Crippen molar-refractivity contribution >= 4 is 18.3 Å². The van der Waals surface area contributed by atoms with Crippen LogP contribution in [0, 0.1) is 0 Å². The van der Waals surface area contributed by atoms with Gasteiger partial charge in [0.25, 0.3) is 0 Å². The summed E-state index contributed by atoms with van der Waals surface area (Å²) in [5.74, 6) is 1.73. The third-order valence-corrected chi connectivity index (χ3v) is 8.79. The first kappa shape index (κ1) is 23.5. The summed E-state index contributed by atoms with van der Waals surface area (Å²) in [7, 11) is 0. The number of fused-ring (bicyclic) bond motifs is 3. The van der Waals surface area contributed by atoms with Crippen LogP contribution in [-0.2, 0) is 12.8 Å². The summed E-state index contributed by atoms with van der Waals surface area (Å²) in [6.45, 7) is 5.22. The molecule has 5 heterocycles. The van der Waals surface area contributed by atoms with Crippen molar-refractivity contribution in [1.29, 1.82) is 0 Å². The molecule has 1 saturated heterocycles. The molecule has 2 aromatic carbocycles. The summed E-state index contributed by atoms with van der Waals surface area (Å²) in [5, 5.41) is 4.73. The number of amides is 2. The Morgan fingerprint density at radius 2 is 1.82 bits per heavy atom. The van der Waals surface area contributed by atoms with E-state index in [4.69, 9.17) is 9.26 Å². The fourth-order valence-electron chi connectivity index (χ4n) is 6.73. The summed E-state index contributed by atoms with van der Waals surface area (Å²) in [5.41, 5.74) is 6.18. The van der Waals surface area contributed by atoms with Crippen molar-refractivity contribution in [2.24, 2.45) is 0 Å². The highest BCUT2D eigenvalue weighted by molar-refractivity contribution is 5.80. The first-order valence-corrected chi connectivity index (χ1v) is 14.0. The third kappa shape index (κ3) is 4.29. The van der Waals surface area contributed by atoms with Crippen molar-refractivity contribution in [1.82, 2.24) is 19.9 Å². The van der Waals surface area contributed by atoms with Crippen molar-refractivity contribution in [2.75, 3.05) is 39.3 Å². The molecule has 2 amide bonds. The standard InChI is InChI=1S/C31H34N4O3/c36-31(34-17-12-29-25(21-34)20-32-38-29)35-18-10-22-4-1-2-6-26(22)28(35)11-16-33-14-8-23(9-15-33)27-7-3-5-24-13-19-37-30(24)27/h1-7,12,20-21,23,28H,8-11,13-19H2. The number of likely N-dealkylation sites (tertiary alicyclic amines) is 1. The number of nitrogens with zero attached hydrogens (tertiary/aromatic N) is 4. The number of hydrogen-bond donors (Lipinski definition) is 0. The fourth-order valence-corrected chi connectivity index (χ4v) is 6.73. The van der Waals surface area contributed by atoms with Gasteiger partial charge in [-0.05, 0) is 73.0 Å². The molecule has 1 unspecified atom stereocenters. The average molecular weight is 511 g/mol. The molecule has 1 atom stereocenters. The van der Waals surface area contributed by atoms with Crippen LogP contribution in [-0.4, -0.2) is 65.2 Å². The zero-order valence-corrected chi connectivity index (χ0v) is 21.7. The molecule has 0 N–H and O–H groups in total. The summed E-state index contributed by atoms with van der Waals surface area (Å²) in [6.07, 6.45) is 10.7. The van der Waals surface area contributed by atoms with Gasteiger partial charge < -0.3 is 19.1 Å². The molecule has 4 aliphatic rings. The van der Waals surface area contributed by atoms with E-state index in [0.29, 0.717) is 12.5 Å². The molecule has 0 spiro atoms. The summed E-state index contributed by atoms with van der Waals surface area (Å²) in [6, 6.07) is 15.5. The average Bonchev–Trinajstić information content (AvgIpc) is 3.65. The Morgan fingerprint density at radius 1 is 0.974 bits per heavy atom. The Hall–Kier alpha value is -3.58. The highest BCUT2D eigenvalue weighted by atomic mass is 16.5. The lowest BCUT2D eigenvalue weighted by Crippen LogP contribution is -2.48. The van der Waals surface area contributed by atoms with E-state index >= 15 is 0 Å². The van der Waals surface area contributed by atoms with Crippen molar-refractivity contribution in [3.8, 4) is 5.75 Å². The molecule has 0 bridgehead atoms. The second-order valence-electron chi connectivity index (χ2n) is 10.9. The van der Waals surface area contributed by atoms with Crippen LogP contribution >= 0.6 is 0 Å². The lowest BCUT2D eigenvalue weighted by Gasteiger charge is -2.41. The van der Waals surface area contributed by atoms with Crippen molar-refractivity contribution < 1.29 is 14.1 Å². The highest BCUT2D eigenvalue weighted by Gasteiger charge is 2.34. The minimum absolute atomic E-state index is 0.0595. The van der Waals surface area contributed by atoms with Crippen molar-refractivity contribution in [3.63, 3.8) is 0 Å². The Kier molecular flexibility index (Phi) is 6.16. The lowest BCUT2D eigenvalue weighted by molar-refractivity contribution is 0.132.